The maximum atomic E-state index is 11.0. The van der Waals surface area contributed by atoms with Crippen molar-refractivity contribution in [2.24, 2.45) is 0 Å². The standard InChI is InChI=1S/C11H15NO2/c1-8(2)14-11-10(7-9(3)13)5-4-6-12-11/h4-6,8H,7H2,1-3H3. The first-order chi connectivity index (χ1) is 6.59. The lowest BCUT2D eigenvalue weighted by atomic mass is 10.1. The fourth-order valence-corrected chi connectivity index (χ4v) is 1.16. The lowest BCUT2D eigenvalue weighted by Crippen LogP contribution is -2.10. The monoisotopic (exact) mass is 193 g/mol. The number of carbonyl (C=O) groups excluding carboxylic acids is 1. The van der Waals surface area contributed by atoms with Gasteiger partial charge in [-0.15, -0.1) is 0 Å². The Morgan fingerprint density at radius 3 is 2.86 bits per heavy atom. The Bertz CT molecular complexity index is 321. The molecular weight excluding hydrogens is 178 g/mol. The van der Waals surface area contributed by atoms with Crippen molar-refractivity contribution in [2.45, 2.75) is 33.3 Å². The first kappa shape index (κ1) is 10.7. The van der Waals surface area contributed by atoms with Crippen LogP contribution in [-0.2, 0) is 11.2 Å². The average Bonchev–Trinajstić information content (AvgIpc) is 2.06. The van der Waals surface area contributed by atoms with Crippen molar-refractivity contribution < 1.29 is 9.53 Å². The van der Waals surface area contributed by atoms with Crippen LogP contribution in [-0.4, -0.2) is 16.9 Å². The second kappa shape index (κ2) is 4.74. The summed E-state index contributed by atoms with van der Waals surface area (Å²) in [5.74, 6) is 0.685. The lowest BCUT2D eigenvalue weighted by Gasteiger charge is -2.11. The summed E-state index contributed by atoms with van der Waals surface area (Å²) in [5, 5.41) is 0. The maximum absolute atomic E-state index is 11.0. The molecule has 3 nitrogen and oxygen atoms in total. The van der Waals surface area contributed by atoms with E-state index in [4.69, 9.17) is 4.74 Å². The van der Waals surface area contributed by atoms with E-state index in [-0.39, 0.29) is 11.9 Å². The summed E-state index contributed by atoms with van der Waals surface area (Å²) in [7, 11) is 0. The number of hydrogen-bond acceptors (Lipinski definition) is 3. The van der Waals surface area contributed by atoms with E-state index in [1.165, 1.54) is 0 Å². The normalized spacial score (nSPS) is 10.3. The SMILES string of the molecule is CC(=O)Cc1cccnc1OC(C)C. The van der Waals surface area contributed by atoms with E-state index in [2.05, 4.69) is 4.98 Å². The van der Waals surface area contributed by atoms with E-state index in [0.717, 1.165) is 5.56 Å². The number of hydrogen-bond donors (Lipinski definition) is 0. The highest BCUT2D eigenvalue weighted by Gasteiger charge is 2.07. The predicted molar refractivity (Wildman–Crippen MR) is 54.4 cm³/mol. The van der Waals surface area contributed by atoms with E-state index in [0.29, 0.717) is 12.3 Å². The van der Waals surface area contributed by atoms with Gasteiger partial charge in [-0.05, 0) is 26.8 Å². The molecule has 0 aromatic carbocycles. The van der Waals surface area contributed by atoms with Gasteiger partial charge in [0.15, 0.2) is 0 Å². The third-order valence-corrected chi connectivity index (χ3v) is 1.64. The van der Waals surface area contributed by atoms with Crippen molar-refractivity contribution in [1.82, 2.24) is 4.98 Å². The molecule has 76 valence electrons. The lowest BCUT2D eigenvalue weighted by molar-refractivity contribution is -0.116. The topological polar surface area (TPSA) is 39.2 Å². The Balaban J connectivity index is 2.85. The summed E-state index contributed by atoms with van der Waals surface area (Å²) in [6.45, 7) is 5.44. The minimum absolute atomic E-state index is 0.0793. The molecule has 0 aliphatic carbocycles. The zero-order chi connectivity index (χ0) is 10.6. The zero-order valence-electron chi connectivity index (χ0n) is 8.78. The van der Waals surface area contributed by atoms with Crippen LogP contribution in [0.25, 0.3) is 0 Å². The molecule has 1 rings (SSSR count). The summed E-state index contributed by atoms with van der Waals surface area (Å²) in [5.41, 5.74) is 0.855. The number of ether oxygens (including phenoxy) is 1. The minimum Gasteiger partial charge on any atom is -0.475 e. The quantitative estimate of drug-likeness (QED) is 0.734. The molecule has 1 heterocycles. The van der Waals surface area contributed by atoms with E-state index in [9.17, 15) is 4.79 Å². The molecule has 0 amide bonds. The highest BCUT2D eigenvalue weighted by Crippen LogP contribution is 2.16. The molecule has 3 heteroatoms. The van der Waals surface area contributed by atoms with E-state index in [1.54, 1.807) is 13.1 Å². The summed E-state index contributed by atoms with van der Waals surface area (Å²) in [4.78, 5) is 15.1. The molecular formula is C11H15NO2. The number of carbonyl (C=O) groups is 1. The van der Waals surface area contributed by atoms with Gasteiger partial charge < -0.3 is 4.74 Å². The largest absolute Gasteiger partial charge is 0.475 e. The second-order valence-corrected chi connectivity index (χ2v) is 3.51. The van der Waals surface area contributed by atoms with Crippen molar-refractivity contribution in [3.63, 3.8) is 0 Å². The number of Topliss-reactive ketones (excluding diaryl/α,β-unsaturated/α-hetero) is 1. The van der Waals surface area contributed by atoms with Crippen LogP contribution < -0.4 is 4.74 Å². The van der Waals surface area contributed by atoms with Gasteiger partial charge in [0.1, 0.15) is 5.78 Å². The zero-order valence-corrected chi connectivity index (χ0v) is 8.78. The Hall–Kier alpha value is -1.38. The molecule has 1 aromatic heterocycles. The van der Waals surface area contributed by atoms with Crippen LogP contribution in [0.15, 0.2) is 18.3 Å². The van der Waals surface area contributed by atoms with Crippen molar-refractivity contribution in [3.05, 3.63) is 23.9 Å². The number of rotatable bonds is 4. The van der Waals surface area contributed by atoms with Crippen molar-refractivity contribution in [1.29, 1.82) is 0 Å². The summed E-state index contributed by atoms with van der Waals surface area (Å²) in [6.07, 6.45) is 2.13. The van der Waals surface area contributed by atoms with Crippen molar-refractivity contribution >= 4 is 5.78 Å². The predicted octanol–water partition coefficient (Wildman–Crippen LogP) is 2.00. The summed E-state index contributed by atoms with van der Waals surface area (Å²) in [6, 6.07) is 3.68. The summed E-state index contributed by atoms with van der Waals surface area (Å²) < 4.78 is 5.48. The van der Waals surface area contributed by atoms with Crippen molar-refractivity contribution in [2.75, 3.05) is 0 Å². The fourth-order valence-electron chi connectivity index (χ4n) is 1.16. The van der Waals surface area contributed by atoms with Gasteiger partial charge in [0.25, 0.3) is 0 Å². The molecule has 1 aromatic rings. The van der Waals surface area contributed by atoms with Crippen LogP contribution >= 0.6 is 0 Å². The Labute approximate surface area is 84.1 Å². The molecule has 0 fully saturated rings. The van der Waals surface area contributed by atoms with Gasteiger partial charge >= 0.3 is 0 Å². The van der Waals surface area contributed by atoms with E-state index >= 15 is 0 Å². The molecule has 0 saturated heterocycles. The van der Waals surface area contributed by atoms with Gasteiger partial charge in [-0.3, -0.25) is 4.79 Å². The van der Waals surface area contributed by atoms with Crippen LogP contribution in [0.5, 0.6) is 5.88 Å². The van der Waals surface area contributed by atoms with Gasteiger partial charge in [0, 0.05) is 18.2 Å². The number of ketones is 1. The minimum atomic E-state index is 0.0793. The van der Waals surface area contributed by atoms with Gasteiger partial charge in [-0.2, -0.15) is 0 Å². The first-order valence-electron chi connectivity index (χ1n) is 4.69. The van der Waals surface area contributed by atoms with Crippen LogP contribution in [0.1, 0.15) is 26.3 Å². The van der Waals surface area contributed by atoms with Gasteiger partial charge in [0.2, 0.25) is 5.88 Å². The Morgan fingerprint density at radius 1 is 1.57 bits per heavy atom. The van der Waals surface area contributed by atoms with Crippen LogP contribution in [0.2, 0.25) is 0 Å². The van der Waals surface area contributed by atoms with E-state index in [1.807, 2.05) is 26.0 Å². The van der Waals surface area contributed by atoms with E-state index < -0.39 is 0 Å². The third-order valence-electron chi connectivity index (χ3n) is 1.64. The van der Waals surface area contributed by atoms with Crippen LogP contribution in [0.3, 0.4) is 0 Å². The fraction of sp³-hybridized carbons (Fsp3) is 0.455. The number of nitrogens with zero attached hydrogens (tertiary/aromatic N) is 1. The Kier molecular flexibility index (Phi) is 3.63. The molecule has 0 spiro atoms. The molecule has 0 saturated carbocycles. The average molecular weight is 193 g/mol. The van der Waals surface area contributed by atoms with Crippen LogP contribution in [0, 0.1) is 0 Å². The molecule has 0 aliphatic rings. The maximum Gasteiger partial charge on any atom is 0.217 e. The van der Waals surface area contributed by atoms with Gasteiger partial charge in [0.05, 0.1) is 6.10 Å². The highest BCUT2D eigenvalue weighted by molar-refractivity contribution is 5.78. The van der Waals surface area contributed by atoms with Gasteiger partial charge in [-0.25, -0.2) is 4.98 Å². The van der Waals surface area contributed by atoms with Crippen molar-refractivity contribution in [3.8, 4) is 5.88 Å². The molecule has 0 atom stereocenters. The Morgan fingerprint density at radius 2 is 2.29 bits per heavy atom. The first-order valence-corrected chi connectivity index (χ1v) is 4.69. The molecule has 0 aliphatic heterocycles. The number of aromatic nitrogens is 1. The highest BCUT2D eigenvalue weighted by atomic mass is 16.5. The second-order valence-electron chi connectivity index (χ2n) is 3.51. The molecule has 0 radical (unpaired) electrons. The third kappa shape index (κ3) is 3.17. The molecule has 0 N–H and O–H groups in total. The summed E-state index contributed by atoms with van der Waals surface area (Å²) >= 11 is 0. The molecule has 0 bridgehead atoms. The molecule has 0 unspecified atom stereocenters. The number of pyridine rings is 1. The molecule has 14 heavy (non-hydrogen) atoms. The van der Waals surface area contributed by atoms with Gasteiger partial charge in [-0.1, -0.05) is 6.07 Å². The smallest absolute Gasteiger partial charge is 0.217 e. The van der Waals surface area contributed by atoms with Crippen LogP contribution in [0.4, 0.5) is 0 Å².